The van der Waals surface area contributed by atoms with Crippen molar-refractivity contribution in [1.29, 1.82) is 0 Å². The number of nitrogens with two attached hydrogens (primary N) is 1. The van der Waals surface area contributed by atoms with Crippen molar-refractivity contribution in [3.63, 3.8) is 0 Å². The molecule has 0 saturated heterocycles. The summed E-state index contributed by atoms with van der Waals surface area (Å²) in [6, 6.07) is 13.8. The Morgan fingerprint density at radius 2 is 2.00 bits per heavy atom. The second kappa shape index (κ2) is 6.55. The van der Waals surface area contributed by atoms with Crippen LogP contribution in [-0.2, 0) is 4.79 Å². The molecule has 4 N–H and O–H groups in total. The molecule has 0 aliphatic carbocycles. The van der Waals surface area contributed by atoms with E-state index in [2.05, 4.69) is 31.3 Å². The third-order valence-electron chi connectivity index (χ3n) is 4.41. The lowest BCUT2D eigenvalue weighted by Gasteiger charge is -2.27. The van der Waals surface area contributed by atoms with E-state index in [0.29, 0.717) is 23.0 Å². The van der Waals surface area contributed by atoms with E-state index < -0.39 is 11.9 Å². The molecule has 0 saturated carbocycles. The topological polar surface area (TPSA) is 106 Å². The minimum Gasteiger partial charge on any atom is -0.508 e. The number of hydrogen-bond donors (Lipinski definition) is 3. The number of nitrogens with one attached hydrogen (secondary N) is 1. The van der Waals surface area contributed by atoms with Gasteiger partial charge in [0.05, 0.1) is 5.57 Å². The molecule has 2 aromatic carbocycles. The predicted molar refractivity (Wildman–Crippen MR) is 105 cm³/mol. The average Bonchev–Trinajstić information content (AvgIpc) is 3.04. The van der Waals surface area contributed by atoms with Crippen molar-refractivity contribution in [1.82, 2.24) is 14.8 Å². The summed E-state index contributed by atoms with van der Waals surface area (Å²) in [6.45, 7) is 1.80. The molecule has 3 aromatic rings. The van der Waals surface area contributed by atoms with E-state index in [0.717, 1.165) is 15.6 Å². The van der Waals surface area contributed by atoms with Crippen molar-refractivity contribution in [3.05, 3.63) is 69.8 Å². The van der Waals surface area contributed by atoms with Crippen molar-refractivity contribution in [3.8, 4) is 17.1 Å². The van der Waals surface area contributed by atoms with Crippen LogP contribution in [0.2, 0.25) is 0 Å². The summed E-state index contributed by atoms with van der Waals surface area (Å²) in [6.07, 6.45) is 0. The zero-order valence-corrected chi connectivity index (χ0v) is 15.9. The van der Waals surface area contributed by atoms with Gasteiger partial charge in [-0.25, -0.2) is 4.68 Å². The van der Waals surface area contributed by atoms with Crippen molar-refractivity contribution >= 4 is 27.8 Å². The second-order valence-corrected chi connectivity index (χ2v) is 7.15. The van der Waals surface area contributed by atoms with Crippen molar-refractivity contribution in [2.75, 3.05) is 5.32 Å². The lowest BCUT2D eigenvalue weighted by molar-refractivity contribution is -0.115. The number of hydrogen-bond acceptors (Lipinski definition) is 5. The Labute approximate surface area is 163 Å². The molecule has 27 heavy (non-hydrogen) atoms. The number of phenolic OH excluding ortho intramolecular Hbond substituents is 1. The zero-order valence-electron chi connectivity index (χ0n) is 14.3. The Balaban J connectivity index is 1.88. The number of primary amides is 1. The van der Waals surface area contributed by atoms with Gasteiger partial charge in [0.1, 0.15) is 11.8 Å². The number of nitrogens with zero attached hydrogens (tertiary/aromatic N) is 3. The molecule has 7 nitrogen and oxygen atoms in total. The molecule has 0 fully saturated rings. The molecule has 8 heteroatoms. The molecule has 1 aliphatic heterocycles. The lowest BCUT2D eigenvalue weighted by Crippen LogP contribution is -2.31. The van der Waals surface area contributed by atoms with E-state index in [-0.39, 0.29) is 5.75 Å². The third kappa shape index (κ3) is 3.08. The maximum absolute atomic E-state index is 12.2. The van der Waals surface area contributed by atoms with Crippen molar-refractivity contribution in [2.24, 2.45) is 5.73 Å². The van der Waals surface area contributed by atoms with Gasteiger partial charge in [0.25, 0.3) is 0 Å². The highest BCUT2D eigenvalue weighted by molar-refractivity contribution is 9.10. The fraction of sp³-hybridized carbons (Fsp3) is 0.105. The van der Waals surface area contributed by atoms with Gasteiger partial charge in [-0.05, 0) is 48.9 Å². The number of fused-ring (bicyclic) bond motifs is 1. The largest absolute Gasteiger partial charge is 0.508 e. The number of anilines is 1. The van der Waals surface area contributed by atoms with Gasteiger partial charge in [0.15, 0.2) is 5.82 Å². The molecule has 1 aliphatic rings. The van der Waals surface area contributed by atoms with Crippen LogP contribution in [0.5, 0.6) is 5.75 Å². The van der Waals surface area contributed by atoms with Gasteiger partial charge in [-0.15, -0.1) is 5.10 Å². The summed E-state index contributed by atoms with van der Waals surface area (Å²) >= 11 is 3.47. The fourth-order valence-corrected chi connectivity index (χ4v) is 3.60. The monoisotopic (exact) mass is 425 g/mol. The van der Waals surface area contributed by atoms with Crippen LogP contribution >= 0.6 is 15.9 Å². The summed E-state index contributed by atoms with van der Waals surface area (Å²) in [4.78, 5) is 16.7. The van der Waals surface area contributed by atoms with E-state index in [4.69, 9.17) is 5.73 Å². The Bertz CT molecular complexity index is 1070. The maximum atomic E-state index is 12.2. The molecule has 0 radical (unpaired) electrons. The molecule has 2 heterocycles. The molecule has 1 amide bonds. The average molecular weight is 426 g/mol. The van der Waals surface area contributed by atoms with Gasteiger partial charge in [-0.1, -0.05) is 28.1 Å². The molecule has 0 spiro atoms. The highest BCUT2D eigenvalue weighted by Crippen LogP contribution is 2.36. The van der Waals surface area contributed by atoms with Crippen molar-refractivity contribution < 1.29 is 9.90 Å². The minimum atomic E-state index is -0.516. The Hall–Kier alpha value is -3.13. The summed E-state index contributed by atoms with van der Waals surface area (Å²) in [7, 11) is 0. The van der Waals surface area contributed by atoms with Gasteiger partial charge in [-0.3, -0.25) is 4.79 Å². The fourth-order valence-electron chi connectivity index (χ4n) is 3.19. The summed E-state index contributed by atoms with van der Waals surface area (Å²) in [5.41, 5.74) is 8.37. The molecular weight excluding hydrogens is 410 g/mol. The molecule has 0 bridgehead atoms. The molecule has 1 unspecified atom stereocenters. The van der Waals surface area contributed by atoms with Crippen LogP contribution < -0.4 is 11.1 Å². The number of halogens is 1. The number of carbonyl (C=O) groups excluding carboxylic acids is 1. The first-order valence-corrected chi connectivity index (χ1v) is 9.02. The quantitative estimate of drug-likeness (QED) is 0.597. The summed E-state index contributed by atoms with van der Waals surface area (Å²) < 4.78 is 2.55. The maximum Gasteiger partial charge on any atom is 0.248 e. The minimum absolute atomic E-state index is 0.168. The first-order valence-electron chi connectivity index (χ1n) is 8.23. The lowest BCUT2D eigenvalue weighted by atomic mass is 9.95. The summed E-state index contributed by atoms with van der Waals surface area (Å²) in [5.74, 6) is 0.653. The van der Waals surface area contributed by atoms with E-state index >= 15 is 0 Å². The number of carbonyl (C=O) groups is 1. The van der Waals surface area contributed by atoms with Crippen LogP contribution in [0.1, 0.15) is 18.5 Å². The van der Waals surface area contributed by atoms with Crippen LogP contribution in [0.4, 0.5) is 5.95 Å². The Kier molecular flexibility index (Phi) is 4.19. The van der Waals surface area contributed by atoms with E-state index in [1.54, 1.807) is 35.9 Å². The SMILES string of the molecule is CC1=C(C(N)=O)C(c2cccc(Br)c2)n2nc(-c3ccc(O)cc3)nc2N1. The van der Waals surface area contributed by atoms with Crippen molar-refractivity contribution in [2.45, 2.75) is 13.0 Å². The number of amides is 1. The number of aromatic nitrogens is 3. The van der Waals surface area contributed by atoms with Crippen LogP contribution in [0, 0.1) is 0 Å². The molecule has 4 rings (SSSR count). The van der Waals surface area contributed by atoms with Crippen LogP contribution in [0.15, 0.2) is 64.3 Å². The third-order valence-corrected chi connectivity index (χ3v) is 4.90. The standard InChI is InChI=1S/C19H16BrN5O2/c1-10-15(17(21)27)16(12-3-2-4-13(20)9-12)25-19(22-10)23-18(24-25)11-5-7-14(26)8-6-11/h2-9,16,26H,1H3,(H2,21,27)(H,22,23,24). The molecular formula is C19H16BrN5O2. The van der Waals surface area contributed by atoms with Gasteiger partial charge >= 0.3 is 0 Å². The second-order valence-electron chi connectivity index (χ2n) is 6.24. The van der Waals surface area contributed by atoms with Crippen LogP contribution in [-0.4, -0.2) is 25.8 Å². The first-order chi connectivity index (χ1) is 12.9. The van der Waals surface area contributed by atoms with Gasteiger partial charge in [0.2, 0.25) is 11.9 Å². The van der Waals surface area contributed by atoms with E-state index in [9.17, 15) is 9.90 Å². The Morgan fingerprint density at radius 1 is 1.26 bits per heavy atom. The Morgan fingerprint density at radius 3 is 2.67 bits per heavy atom. The molecule has 1 atom stereocenters. The highest BCUT2D eigenvalue weighted by Gasteiger charge is 2.33. The summed E-state index contributed by atoms with van der Waals surface area (Å²) in [5, 5.41) is 17.2. The van der Waals surface area contributed by atoms with Crippen LogP contribution in [0.25, 0.3) is 11.4 Å². The highest BCUT2D eigenvalue weighted by atomic mass is 79.9. The van der Waals surface area contributed by atoms with Gasteiger partial charge in [-0.2, -0.15) is 4.98 Å². The zero-order chi connectivity index (χ0) is 19.1. The number of phenols is 1. The number of benzene rings is 2. The first kappa shape index (κ1) is 17.3. The van der Waals surface area contributed by atoms with Crippen LogP contribution in [0.3, 0.4) is 0 Å². The molecule has 136 valence electrons. The van der Waals surface area contributed by atoms with Gasteiger partial charge < -0.3 is 16.2 Å². The number of rotatable bonds is 3. The number of allylic oxidation sites excluding steroid dienone is 1. The smallest absolute Gasteiger partial charge is 0.248 e. The normalized spacial score (nSPS) is 16.0. The predicted octanol–water partition coefficient (Wildman–Crippen LogP) is 3.19. The van der Waals surface area contributed by atoms with E-state index in [1.165, 1.54) is 0 Å². The molecule has 1 aromatic heterocycles. The van der Waals surface area contributed by atoms with Gasteiger partial charge in [0, 0.05) is 15.7 Å². The number of aromatic hydroxyl groups is 1. The van der Waals surface area contributed by atoms with E-state index in [1.807, 2.05) is 24.3 Å².